The lowest BCUT2D eigenvalue weighted by atomic mass is 10.7. The van der Waals surface area contributed by atoms with E-state index in [0.29, 0.717) is 0 Å². The molecule has 2 unspecified atom stereocenters. The van der Waals surface area contributed by atoms with Gasteiger partial charge in [0.15, 0.2) is 0 Å². The minimum atomic E-state index is -3.14. The van der Waals surface area contributed by atoms with Gasteiger partial charge in [0.05, 0.1) is 0 Å². The van der Waals surface area contributed by atoms with E-state index in [1.807, 2.05) is 0 Å². The predicted molar refractivity (Wildman–Crippen MR) is 27.4 cm³/mol. The highest BCUT2D eigenvalue weighted by Gasteiger charge is 2.00. The first-order valence-electron chi connectivity index (χ1n) is 1.83. The average Bonchev–Trinajstić information content (AvgIpc) is 1.65. The summed E-state index contributed by atoms with van der Waals surface area (Å²) in [6, 6.07) is 0. The molecule has 0 aliphatic heterocycles. The van der Waals surface area contributed by atoms with Crippen molar-refractivity contribution in [3.63, 3.8) is 0 Å². The van der Waals surface area contributed by atoms with Crippen LogP contribution in [0.4, 0.5) is 4.39 Å². The Morgan fingerprint density at radius 2 is 2.50 bits per heavy atom. The largest absolute Gasteiger partial charge is 0.326 e. The van der Waals surface area contributed by atoms with E-state index in [1.165, 1.54) is 0 Å². The summed E-state index contributed by atoms with van der Waals surface area (Å²) >= 11 is 0. The first kappa shape index (κ1) is 7.82. The van der Waals surface area contributed by atoms with E-state index < -0.39 is 14.6 Å². The number of alkyl halides is 1. The molecular formula is C3H6FO3P. The molecule has 3 nitrogen and oxygen atoms in total. The molecule has 1 N–H and O–H groups in total. The summed E-state index contributed by atoms with van der Waals surface area (Å²) in [5, 5.41) is 0. The van der Waals surface area contributed by atoms with Gasteiger partial charge in [0.1, 0.15) is 0 Å². The van der Waals surface area contributed by atoms with Crippen molar-refractivity contribution >= 4 is 8.25 Å². The van der Waals surface area contributed by atoms with Gasteiger partial charge >= 0.3 is 8.25 Å². The number of hydrogen-bond acceptors (Lipinski definition) is 2. The summed E-state index contributed by atoms with van der Waals surface area (Å²) in [6.45, 7) is 2.98. The Hall–Kier alpha value is -0.180. The fourth-order valence-electron chi connectivity index (χ4n) is 0.144. The van der Waals surface area contributed by atoms with Gasteiger partial charge in [0.2, 0.25) is 6.36 Å². The van der Waals surface area contributed by atoms with Crippen LogP contribution in [0.2, 0.25) is 0 Å². The van der Waals surface area contributed by atoms with Crippen LogP contribution >= 0.6 is 8.25 Å². The van der Waals surface area contributed by atoms with Crippen LogP contribution in [0.3, 0.4) is 0 Å². The Labute approximate surface area is 46.7 Å². The van der Waals surface area contributed by atoms with Crippen LogP contribution in [-0.2, 0) is 9.09 Å². The van der Waals surface area contributed by atoms with E-state index in [0.717, 1.165) is 6.08 Å². The van der Waals surface area contributed by atoms with Gasteiger partial charge in [-0.1, -0.05) is 6.58 Å². The van der Waals surface area contributed by atoms with Crippen molar-refractivity contribution in [1.82, 2.24) is 0 Å². The quantitative estimate of drug-likeness (QED) is 0.467. The zero-order valence-electron chi connectivity index (χ0n) is 4.00. The molecule has 2 atom stereocenters. The van der Waals surface area contributed by atoms with Gasteiger partial charge < -0.3 is 4.89 Å². The van der Waals surface area contributed by atoms with Crippen molar-refractivity contribution in [3.8, 4) is 0 Å². The molecule has 0 amide bonds. The predicted octanol–water partition coefficient (Wildman–Crippen LogP) is 0.867. The number of halogens is 1. The van der Waals surface area contributed by atoms with E-state index in [1.54, 1.807) is 0 Å². The maximum atomic E-state index is 11.7. The third-order valence-electron chi connectivity index (χ3n) is 0.399. The van der Waals surface area contributed by atoms with Gasteiger partial charge in [-0.15, -0.1) is 0 Å². The molecule has 0 aromatic rings. The fraction of sp³-hybridized carbons (Fsp3) is 0.333. The van der Waals surface area contributed by atoms with Crippen LogP contribution in [0, 0.1) is 0 Å². The third-order valence-corrected chi connectivity index (χ3v) is 0.826. The standard InChI is InChI=1S/C3H6FO3P/c1-2-3(4)7-8(5)6/h2-3,8H,1H2,(H,5,6). The monoisotopic (exact) mass is 140 g/mol. The maximum absolute atomic E-state index is 11.7. The third kappa shape index (κ3) is 3.99. The lowest BCUT2D eigenvalue weighted by molar-refractivity contribution is 0.108. The van der Waals surface area contributed by atoms with E-state index >= 15 is 0 Å². The SMILES string of the molecule is C=CC(F)O[PH](=O)O. The molecule has 0 saturated heterocycles. The highest BCUT2D eigenvalue weighted by molar-refractivity contribution is 7.32. The lowest BCUT2D eigenvalue weighted by Gasteiger charge is -1.97. The second-order valence-corrected chi connectivity index (χ2v) is 1.74. The summed E-state index contributed by atoms with van der Waals surface area (Å²) in [7, 11) is -3.14. The summed E-state index contributed by atoms with van der Waals surface area (Å²) < 4.78 is 25.1. The molecule has 0 aliphatic carbocycles. The van der Waals surface area contributed by atoms with Gasteiger partial charge in [-0.2, -0.15) is 0 Å². The number of rotatable bonds is 3. The molecule has 0 aliphatic rings. The van der Waals surface area contributed by atoms with Crippen molar-refractivity contribution in [2.45, 2.75) is 6.36 Å². The highest BCUT2D eigenvalue weighted by Crippen LogP contribution is 2.18. The maximum Gasteiger partial charge on any atom is 0.319 e. The average molecular weight is 140 g/mol. The Morgan fingerprint density at radius 1 is 2.00 bits per heavy atom. The van der Waals surface area contributed by atoms with Crippen LogP contribution < -0.4 is 0 Å². The van der Waals surface area contributed by atoms with Crippen LogP contribution in [0.5, 0.6) is 0 Å². The second kappa shape index (κ2) is 3.78. The molecule has 5 heteroatoms. The normalized spacial score (nSPS) is 17.2. The molecule has 0 aromatic carbocycles. The zero-order valence-corrected chi connectivity index (χ0v) is 5.00. The Balaban J connectivity index is 3.38. The Morgan fingerprint density at radius 3 is 2.62 bits per heavy atom. The minimum absolute atomic E-state index is 0.790. The van der Waals surface area contributed by atoms with Gasteiger partial charge in [0, 0.05) is 0 Å². The van der Waals surface area contributed by atoms with Crippen molar-refractivity contribution in [3.05, 3.63) is 12.7 Å². The van der Waals surface area contributed by atoms with E-state index in [-0.39, 0.29) is 0 Å². The minimum Gasteiger partial charge on any atom is -0.326 e. The van der Waals surface area contributed by atoms with Crippen molar-refractivity contribution in [1.29, 1.82) is 0 Å². The molecule has 0 rings (SSSR count). The molecule has 0 saturated carbocycles. The molecule has 0 spiro atoms. The fourth-order valence-corrected chi connectivity index (χ4v) is 0.433. The lowest BCUT2D eigenvalue weighted by Crippen LogP contribution is -1.92. The van der Waals surface area contributed by atoms with Crippen LogP contribution in [0.25, 0.3) is 0 Å². The smallest absolute Gasteiger partial charge is 0.319 e. The van der Waals surface area contributed by atoms with Gasteiger partial charge in [-0.25, -0.2) is 4.39 Å². The second-order valence-electron chi connectivity index (χ2n) is 0.971. The van der Waals surface area contributed by atoms with Crippen LogP contribution in [0.15, 0.2) is 12.7 Å². The Kier molecular flexibility index (Phi) is 3.69. The number of hydrogen-bond donors (Lipinski definition) is 1. The van der Waals surface area contributed by atoms with E-state index in [4.69, 9.17) is 4.89 Å². The van der Waals surface area contributed by atoms with Crippen LogP contribution in [-0.4, -0.2) is 11.3 Å². The zero-order chi connectivity index (χ0) is 6.57. The van der Waals surface area contributed by atoms with Crippen molar-refractivity contribution in [2.24, 2.45) is 0 Å². The molecule has 0 heterocycles. The molecule has 0 aromatic heterocycles. The summed E-state index contributed by atoms with van der Waals surface area (Å²) in [4.78, 5) is 7.89. The Bertz CT molecular complexity index is 105. The first-order valence-corrected chi connectivity index (χ1v) is 3.09. The molecule has 0 bridgehead atoms. The van der Waals surface area contributed by atoms with E-state index in [2.05, 4.69) is 11.1 Å². The topological polar surface area (TPSA) is 46.5 Å². The summed E-state index contributed by atoms with van der Waals surface area (Å²) in [6.07, 6.45) is -1.04. The highest BCUT2D eigenvalue weighted by atomic mass is 31.1. The van der Waals surface area contributed by atoms with Crippen LogP contribution in [0.1, 0.15) is 0 Å². The summed E-state index contributed by atoms with van der Waals surface area (Å²) in [5.74, 6) is 0. The molecule has 0 radical (unpaired) electrons. The molecule has 48 valence electrons. The van der Waals surface area contributed by atoms with Gasteiger partial charge in [-0.05, 0) is 6.08 Å². The van der Waals surface area contributed by atoms with E-state index in [9.17, 15) is 8.96 Å². The molecule has 8 heavy (non-hydrogen) atoms. The van der Waals surface area contributed by atoms with Gasteiger partial charge in [0.25, 0.3) is 0 Å². The van der Waals surface area contributed by atoms with Gasteiger partial charge in [-0.3, -0.25) is 9.09 Å². The molecular weight excluding hydrogens is 134 g/mol. The molecule has 0 fully saturated rings. The first-order chi connectivity index (χ1) is 3.66. The summed E-state index contributed by atoms with van der Waals surface area (Å²) in [5.41, 5.74) is 0. The van der Waals surface area contributed by atoms with Crippen molar-refractivity contribution < 1.29 is 18.4 Å². The van der Waals surface area contributed by atoms with Crippen molar-refractivity contribution in [2.75, 3.05) is 0 Å².